The van der Waals surface area contributed by atoms with Gasteiger partial charge in [0.15, 0.2) is 5.50 Å². The van der Waals surface area contributed by atoms with Crippen LogP contribution in [0.3, 0.4) is 0 Å². The van der Waals surface area contributed by atoms with Crippen LogP contribution in [0.5, 0.6) is 0 Å². The Hall–Kier alpha value is -0.970. The molecule has 0 aliphatic carbocycles. The Labute approximate surface area is 68.8 Å². The van der Waals surface area contributed by atoms with Crippen molar-refractivity contribution < 1.29 is 14.3 Å². The minimum Gasteiger partial charge on any atom is -0.450 e. The lowest BCUT2D eigenvalue weighted by molar-refractivity contribution is -0.118. The third-order valence-electron chi connectivity index (χ3n) is 0.770. The normalized spacial score (nSPS) is 11.8. The predicted octanol–water partition coefficient (Wildman–Crippen LogP) is -0.217. The molecule has 0 fully saturated rings. The highest BCUT2D eigenvalue weighted by Gasteiger charge is 2.13. The maximum Gasteiger partial charge on any atom is 0.408 e. The van der Waals surface area contributed by atoms with Gasteiger partial charge in [-0.05, 0) is 6.92 Å². The van der Waals surface area contributed by atoms with E-state index in [2.05, 4.69) is 4.74 Å². The lowest BCUT2D eigenvalue weighted by Gasteiger charge is -2.06. The van der Waals surface area contributed by atoms with E-state index in [9.17, 15) is 9.59 Å². The molecule has 0 saturated carbocycles. The van der Waals surface area contributed by atoms with Crippen LogP contribution in [0.25, 0.3) is 0 Å². The Morgan fingerprint density at radius 1 is 1.73 bits per heavy atom. The van der Waals surface area contributed by atoms with E-state index in [0.29, 0.717) is 0 Å². The van der Waals surface area contributed by atoms with E-state index in [1.807, 2.05) is 5.32 Å². The van der Waals surface area contributed by atoms with Crippen molar-refractivity contribution in [2.75, 3.05) is 6.61 Å². The number of hydrogen-bond acceptors (Lipinski definition) is 3. The fourth-order valence-electron chi connectivity index (χ4n) is 0.347. The molecule has 6 heteroatoms. The zero-order chi connectivity index (χ0) is 8.85. The van der Waals surface area contributed by atoms with Crippen molar-refractivity contribution in [3.8, 4) is 0 Å². The number of ether oxygens (including phenoxy) is 1. The molecule has 3 N–H and O–H groups in total. The zero-order valence-corrected chi connectivity index (χ0v) is 6.72. The number of carbonyl (C=O) groups is 2. The van der Waals surface area contributed by atoms with E-state index in [1.165, 1.54) is 0 Å². The van der Waals surface area contributed by atoms with E-state index in [1.54, 1.807) is 6.92 Å². The molecule has 11 heavy (non-hydrogen) atoms. The smallest absolute Gasteiger partial charge is 0.408 e. The summed E-state index contributed by atoms with van der Waals surface area (Å²) in [6.07, 6.45) is -0.758. The summed E-state index contributed by atoms with van der Waals surface area (Å²) in [5.41, 5.74) is 3.53. The SMILES string of the molecule is CCOC(=O)NC(Cl)C(N)=O. The summed E-state index contributed by atoms with van der Waals surface area (Å²) in [6.45, 7) is 1.85. The first kappa shape index (κ1) is 10.0. The van der Waals surface area contributed by atoms with Crippen molar-refractivity contribution in [2.24, 2.45) is 5.73 Å². The lowest BCUT2D eigenvalue weighted by Crippen LogP contribution is -2.40. The number of hydrogen-bond donors (Lipinski definition) is 2. The van der Waals surface area contributed by atoms with Crippen LogP contribution in [0.1, 0.15) is 6.92 Å². The third kappa shape index (κ3) is 4.44. The second-order valence-electron chi connectivity index (χ2n) is 1.63. The summed E-state index contributed by atoms with van der Waals surface area (Å²) in [7, 11) is 0. The Kier molecular flexibility index (Phi) is 4.36. The number of alkyl halides is 1. The number of primary amides is 1. The predicted molar refractivity (Wildman–Crippen MR) is 39.0 cm³/mol. The van der Waals surface area contributed by atoms with Gasteiger partial charge in [0.05, 0.1) is 6.61 Å². The Morgan fingerprint density at radius 3 is 2.64 bits per heavy atom. The van der Waals surface area contributed by atoms with Gasteiger partial charge in [-0.15, -0.1) is 0 Å². The largest absolute Gasteiger partial charge is 0.450 e. The van der Waals surface area contributed by atoms with Crippen molar-refractivity contribution in [2.45, 2.75) is 12.4 Å². The maximum absolute atomic E-state index is 10.5. The number of halogens is 1. The van der Waals surface area contributed by atoms with Crippen LogP contribution < -0.4 is 11.1 Å². The minimum atomic E-state index is -1.21. The number of rotatable bonds is 3. The van der Waals surface area contributed by atoms with Gasteiger partial charge in [-0.25, -0.2) is 4.79 Å². The van der Waals surface area contributed by atoms with Crippen LogP contribution in [0.2, 0.25) is 0 Å². The van der Waals surface area contributed by atoms with E-state index in [0.717, 1.165) is 0 Å². The molecule has 0 radical (unpaired) electrons. The summed E-state index contributed by atoms with van der Waals surface area (Å²) in [5, 5.41) is 2.01. The van der Waals surface area contributed by atoms with Gasteiger partial charge in [0.2, 0.25) is 0 Å². The van der Waals surface area contributed by atoms with Crippen LogP contribution in [0.4, 0.5) is 4.79 Å². The quantitative estimate of drug-likeness (QED) is 0.466. The van der Waals surface area contributed by atoms with Crippen LogP contribution in [0.15, 0.2) is 0 Å². The molecule has 0 aromatic carbocycles. The Bertz CT molecular complexity index is 162. The van der Waals surface area contributed by atoms with Crippen molar-refractivity contribution in [3.63, 3.8) is 0 Å². The first-order valence-corrected chi connectivity index (χ1v) is 3.38. The second kappa shape index (κ2) is 4.79. The molecule has 0 bridgehead atoms. The molecule has 64 valence electrons. The van der Waals surface area contributed by atoms with Gasteiger partial charge >= 0.3 is 6.09 Å². The van der Waals surface area contributed by atoms with E-state index >= 15 is 0 Å². The fraction of sp³-hybridized carbons (Fsp3) is 0.600. The molecule has 0 spiro atoms. The van der Waals surface area contributed by atoms with E-state index in [-0.39, 0.29) is 6.61 Å². The molecule has 2 amide bonds. The topological polar surface area (TPSA) is 81.4 Å². The maximum atomic E-state index is 10.5. The first-order chi connectivity index (χ1) is 5.07. The summed E-state index contributed by atoms with van der Waals surface area (Å²) in [6, 6.07) is 0. The highest BCUT2D eigenvalue weighted by Crippen LogP contribution is 1.89. The van der Waals surface area contributed by atoms with Gasteiger partial charge in [-0.2, -0.15) is 0 Å². The summed E-state index contributed by atoms with van der Waals surface area (Å²) >= 11 is 5.26. The van der Waals surface area contributed by atoms with Gasteiger partial charge < -0.3 is 10.5 Å². The Balaban J connectivity index is 3.66. The minimum absolute atomic E-state index is 0.216. The van der Waals surface area contributed by atoms with Gasteiger partial charge in [-0.1, -0.05) is 11.6 Å². The van der Waals surface area contributed by atoms with Crippen LogP contribution >= 0.6 is 11.6 Å². The van der Waals surface area contributed by atoms with E-state index < -0.39 is 17.5 Å². The summed E-state index contributed by atoms with van der Waals surface area (Å²) < 4.78 is 4.42. The van der Waals surface area contributed by atoms with Gasteiger partial charge in [-0.3, -0.25) is 10.1 Å². The molecule has 0 heterocycles. The number of alkyl carbamates (subject to hydrolysis) is 1. The molecule has 0 aliphatic heterocycles. The average Bonchev–Trinajstić information content (AvgIpc) is 1.87. The van der Waals surface area contributed by atoms with Crippen molar-refractivity contribution in [3.05, 3.63) is 0 Å². The summed E-state index contributed by atoms with van der Waals surface area (Å²) in [5.74, 6) is -0.820. The van der Waals surface area contributed by atoms with Gasteiger partial charge in [0.25, 0.3) is 5.91 Å². The molecular formula is C5H9ClN2O3. The van der Waals surface area contributed by atoms with Crippen LogP contribution in [0, 0.1) is 0 Å². The number of carbonyl (C=O) groups excluding carboxylic acids is 2. The standard InChI is InChI=1S/C5H9ClN2O3/c1-2-11-5(10)8-3(6)4(7)9/h3H,2H2,1H3,(H2,7,9)(H,8,10). The monoisotopic (exact) mass is 180 g/mol. The highest BCUT2D eigenvalue weighted by molar-refractivity contribution is 6.30. The zero-order valence-electron chi connectivity index (χ0n) is 5.96. The second-order valence-corrected chi connectivity index (χ2v) is 2.07. The van der Waals surface area contributed by atoms with Crippen LogP contribution in [-0.2, 0) is 9.53 Å². The number of amides is 2. The molecule has 0 saturated heterocycles. The lowest BCUT2D eigenvalue weighted by atomic mass is 10.6. The first-order valence-electron chi connectivity index (χ1n) is 2.94. The number of nitrogens with one attached hydrogen (secondary N) is 1. The molecule has 1 atom stereocenters. The van der Waals surface area contributed by atoms with Crippen molar-refractivity contribution >= 4 is 23.6 Å². The number of nitrogens with two attached hydrogens (primary N) is 1. The molecule has 0 rings (SSSR count). The summed E-state index contributed by atoms with van der Waals surface area (Å²) in [4.78, 5) is 20.8. The molecule has 0 aromatic rings. The van der Waals surface area contributed by atoms with Crippen molar-refractivity contribution in [1.82, 2.24) is 5.32 Å². The van der Waals surface area contributed by atoms with Crippen LogP contribution in [-0.4, -0.2) is 24.1 Å². The molecule has 5 nitrogen and oxygen atoms in total. The molecule has 1 unspecified atom stereocenters. The average molecular weight is 181 g/mol. The molecule has 0 aromatic heterocycles. The van der Waals surface area contributed by atoms with Crippen molar-refractivity contribution in [1.29, 1.82) is 0 Å². The van der Waals surface area contributed by atoms with E-state index in [4.69, 9.17) is 17.3 Å². The third-order valence-corrected chi connectivity index (χ3v) is 1.09. The highest BCUT2D eigenvalue weighted by atomic mass is 35.5. The Morgan fingerprint density at radius 2 is 2.27 bits per heavy atom. The molecule has 0 aliphatic rings. The van der Waals surface area contributed by atoms with Gasteiger partial charge in [0, 0.05) is 0 Å². The fourth-order valence-corrected chi connectivity index (χ4v) is 0.436. The van der Waals surface area contributed by atoms with Gasteiger partial charge in [0.1, 0.15) is 0 Å². The molecular weight excluding hydrogens is 172 g/mol.